The minimum Gasteiger partial charge on any atom is -0.480 e. The lowest BCUT2D eigenvalue weighted by Gasteiger charge is -2.48. The van der Waals surface area contributed by atoms with Crippen molar-refractivity contribution in [3.05, 3.63) is 0 Å². The van der Waals surface area contributed by atoms with Gasteiger partial charge in [0.2, 0.25) is 11.8 Å². The van der Waals surface area contributed by atoms with Crippen molar-refractivity contribution in [1.82, 2.24) is 0 Å². The van der Waals surface area contributed by atoms with E-state index in [1.54, 1.807) is 0 Å². The van der Waals surface area contributed by atoms with Crippen LogP contribution in [0.1, 0.15) is 69.2 Å². The number of nitrogens with zero attached hydrogens (tertiary/aromatic N) is 2. The Labute approximate surface area is 206 Å². The Morgan fingerprint density at radius 2 is 1.39 bits per heavy atom. The zero-order valence-corrected chi connectivity index (χ0v) is 26.0. The van der Waals surface area contributed by atoms with Gasteiger partial charge in [0.1, 0.15) is 6.54 Å². The molecule has 0 unspecified atom stereocenters. The van der Waals surface area contributed by atoms with Crippen molar-refractivity contribution in [3.63, 3.8) is 0 Å². The molecule has 194 valence electrons. The Bertz CT molecular complexity index is 706. The zero-order chi connectivity index (χ0) is 25.9. The van der Waals surface area contributed by atoms with Gasteiger partial charge in [-0.15, -0.1) is 0 Å². The van der Waals surface area contributed by atoms with Gasteiger partial charge in [0.05, 0.1) is 25.9 Å². The van der Waals surface area contributed by atoms with E-state index in [1.807, 2.05) is 13.8 Å². The van der Waals surface area contributed by atoms with Crippen LogP contribution in [0.2, 0.25) is 36.3 Å². The Morgan fingerprint density at radius 1 is 0.879 bits per heavy atom. The Kier molecular flexibility index (Phi) is 10.0. The van der Waals surface area contributed by atoms with Gasteiger partial charge in [0, 0.05) is 0 Å². The van der Waals surface area contributed by atoms with Crippen molar-refractivity contribution in [3.8, 4) is 0 Å². The number of aliphatic imine (C=N–C) groups is 2. The summed E-state index contributed by atoms with van der Waals surface area (Å²) in [6.07, 6.45) is -0.246. The molecule has 6 nitrogen and oxygen atoms in total. The van der Waals surface area contributed by atoms with Crippen LogP contribution in [-0.2, 0) is 18.3 Å². The van der Waals surface area contributed by atoms with Crippen molar-refractivity contribution in [2.24, 2.45) is 15.9 Å². The van der Waals surface area contributed by atoms with Crippen LogP contribution in [-0.4, -0.2) is 66.4 Å². The molecule has 0 N–H and O–H groups in total. The van der Waals surface area contributed by atoms with Gasteiger partial charge in [-0.1, -0.05) is 55.4 Å². The molecule has 2 atom stereocenters. The molecule has 0 radical (unpaired) electrons. The summed E-state index contributed by atoms with van der Waals surface area (Å²) in [7, 11) is -4.20. The predicted octanol–water partition coefficient (Wildman–Crippen LogP) is 6.68. The summed E-state index contributed by atoms with van der Waals surface area (Å²) >= 11 is 0. The SMILES string of the molecule is CCOC1=N[C@@](CO[Si](C)(C)C(C)(C)C)([C@H](O[Si](C)(C)C(C)(C)C)C(C)C)C(OCC)=NC1. The summed E-state index contributed by atoms with van der Waals surface area (Å²) in [6, 6.07) is 0. The van der Waals surface area contributed by atoms with E-state index in [9.17, 15) is 0 Å². The summed E-state index contributed by atoms with van der Waals surface area (Å²) in [5.74, 6) is 1.42. The van der Waals surface area contributed by atoms with Crippen LogP contribution >= 0.6 is 0 Å². The van der Waals surface area contributed by atoms with E-state index in [2.05, 4.69) is 81.6 Å². The van der Waals surface area contributed by atoms with Crippen LogP contribution in [0.4, 0.5) is 0 Å². The normalized spacial score (nSPS) is 21.5. The van der Waals surface area contributed by atoms with Crippen molar-refractivity contribution < 1.29 is 18.3 Å². The summed E-state index contributed by atoms with van der Waals surface area (Å²) in [6.45, 7) is 32.9. The van der Waals surface area contributed by atoms with Crippen molar-refractivity contribution in [1.29, 1.82) is 0 Å². The first-order chi connectivity index (χ1) is 14.8. The Hall–Kier alpha value is -0.706. The second kappa shape index (κ2) is 10.9. The van der Waals surface area contributed by atoms with E-state index in [1.165, 1.54) is 0 Å². The molecule has 0 aromatic rings. The number of rotatable bonds is 9. The van der Waals surface area contributed by atoms with E-state index in [0.29, 0.717) is 38.2 Å². The average molecular weight is 501 g/mol. The third-order valence-corrected chi connectivity index (χ3v) is 16.3. The molecule has 0 saturated heterocycles. The van der Waals surface area contributed by atoms with Gasteiger partial charge >= 0.3 is 0 Å². The van der Waals surface area contributed by atoms with E-state index in [4.69, 9.17) is 28.3 Å². The highest BCUT2D eigenvalue weighted by atomic mass is 28.4. The molecule has 1 heterocycles. The maximum absolute atomic E-state index is 7.11. The third-order valence-electron chi connectivity index (χ3n) is 7.41. The van der Waals surface area contributed by atoms with Crippen molar-refractivity contribution in [2.75, 3.05) is 26.4 Å². The van der Waals surface area contributed by atoms with Crippen LogP contribution in [0, 0.1) is 5.92 Å². The lowest BCUT2D eigenvalue weighted by molar-refractivity contribution is 0.0433. The van der Waals surface area contributed by atoms with Gasteiger partial charge in [0.15, 0.2) is 22.2 Å². The molecule has 0 aromatic carbocycles. The fraction of sp³-hybridized carbons (Fsp3) is 0.920. The van der Waals surface area contributed by atoms with Gasteiger partial charge in [-0.2, -0.15) is 0 Å². The molecular formula is C25H52N2O4Si2. The molecule has 0 spiro atoms. The van der Waals surface area contributed by atoms with E-state index >= 15 is 0 Å². The van der Waals surface area contributed by atoms with Gasteiger partial charge in [0.25, 0.3) is 0 Å². The fourth-order valence-corrected chi connectivity index (χ4v) is 5.75. The highest BCUT2D eigenvalue weighted by Gasteiger charge is 2.54. The van der Waals surface area contributed by atoms with E-state index in [0.717, 1.165) is 0 Å². The van der Waals surface area contributed by atoms with E-state index < -0.39 is 22.2 Å². The molecule has 0 saturated carbocycles. The second-order valence-electron chi connectivity index (χ2n) is 12.5. The van der Waals surface area contributed by atoms with Gasteiger partial charge < -0.3 is 18.3 Å². The lowest BCUT2D eigenvalue weighted by atomic mass is 9.85. The topological polar surface area (TPSA) is 61.6 Å². The Balaban J connectivity index is 3.69. The second-order valence-corrected chi connectivity index (χ2v) is 22.1. The van der Waals surface area contributed by atoms with E-state index in [-0.39, 0.29) is 22.1 Å². The molecule has 0 aliphatic carbocycles. The maximum atomic E-state index is 7.11. The molecule has 0 fully saturated rings. The van der Waals surface area contributed by atoms with Crippen LogP contribution in [0.25, 0.3) is 0 Å². The number of ether oxygens (including phenoxy) is 2. The highest BCUT2D eigenvalue weighted by Crippen LogP contribution is 2.43. The first-order valence-electron chi connectivity index (χ1n) is 12.6. The molecule has 0 aromatic heterocycles. The zero-order valence-electron chi connectivity index (χ0n) is 24.0. The highest BCUT2D eigenvalue weighted by molar-refractivity contribution is 6.74. The van der Waals surface area contributed by atoms with Crippen LogP contribution in [0.15, 0.2) is 9.98 Å². The summed E-state index contributed by atoms with van der Waals surface area (Å²) in [5, 5.41) is 0.136. The first-order valence-corrected chi connectivity index (χ1v) is 18.4. The van der Waals surface area contributed by atoms with Crippen LogP contribution < -0.4 is 0 Å². The van der Waals surface area contributed by atoms with Gasteiger partial charge in [-0.25, -0.2) is 9.98 Å². The van der Waals surface area contributed by atoms with Gasteiger partial charge in [-0.3, -0.25) is 0 Å². The minimum absolute atomic E-state index is 0.0612. The quantitative estimate of drug-likeness (QED) is 0.331. The molecule has 1 rings (SSSR count). The standard InChI is InChI=1S/C25H52N2O4Si2/c1-15-28-20-17-26-22(29-16-2)25(27-20,18-30-32(11,12)23(5,6)7)21(19(3)4)31-33(13,14)24(8,9)10/h19,21H,15-18H2,1-14H3/t21-,25+/m1/s1. The lowest BCUT2D eigenvalue weighted by Crippen LogP contribution is -2.62. The third kappa shape index (κ3) is 7.15. The number of hydrogen-bond acceptors (Lipinski definition) is 6. The molecule has 0 bridgehead atoms. The summed E-state index contributed by atoms with van der Waals surface area (Å²) in [5.41, 5.74) is -0.877. The largest absolute Gasteiger partial charge is 0.480 e. The van der Waals surface area contributed by atoms with Crippen molar-refractivity contribution in [2.45, 2.75) is 117 Å². The van der Waals surface area contributed by atoms with Crippen LogP contribution in [0.3, 0.4) is 0 Å². The Morgan fingerprint density at radius 3 is 1.82 bits per heavy atom. The van der Waals surface area contributed by atoms with Gasteiger partial charge in [-0.05, 0) is 56.0 Å². The monoisotopic (exact) mass is 500 g/mol. The van der Waals surface area contributed by atoms with Crippen LogP contribution in [0.5, 0.6) is 0 Å². The molecule has 1 aliphatic heterocycles. The van der Waals surface area contributed by atoms with Crippen molar-refractivity contribution >= 4 is 28.4 Å². The smallest absolute Gasteiger partial charge is 0.217 e. The maximum Gasteiger partial charge on any atom is 0.217 e. The summed E-state index contributed by atoms with van der Waals surface area (Å²) < 4.78 is 26.0. The molecule has 8 heteroatoms. The predicted molar refractivity (Wildman–Crippen MR) is 146 cm³/mol. The molecule has 0 amide bonds. The summed E-state index contributed by atoms with van der Waals surface area (Å²) in [4.78, 5) is 10.0. The molecule has 1 aliphatic rings. The molecular weight excluding hydrogens is 448 g/mol. The number of hydrogen-bond donors (Lipinski definition) is 0. The minimum atomic E-state index is -2.13. The average Bonchev–Trinajstić information content (AvgIpc) is 2.64. The first kappa shape index (κ1) is 30.3. The fourth-order valence-electron chi connectivity index (χ4n) is 3.28. The molecule has 33 heavy (non-hydrogen) atoms.